The van der Waals surface area contributed by atoms with Gasteiger partial charge in [0, 0.05) is 29.2 Å². The van der Waals surface area contributed by atoms with Crippen LogP contribution in [0, 0.1) is 0 Å². The highest BCUT2D eigenvalue weighted by Gasteiger charge is 2.21. The van der Waals surface area contributed by atoms with Gasteiger partial charge in [-0.1, -0.05) is 48.0 Å². The van der Waals surface area contributed by atoms with E-state index < -0.39 is 16.6 Å². The third-order valence-electron chi connectivity index (χ3n) is 5.25. The number of nitrogens with zero attached hydrogens (tertiary/aromatic N) is 1. The van der Waals surface area contributed by atoms with Gasteiger partial charge in [0.2, 0.25) is 0 Å². The Morgan fingerprint density at radius 3 is 2.31 bits per heavy atom. The minimum atomic E-state index is -0.878. The number of nitrogens with one attached hydrogen (secondary N) is 1. The van der Waals surface area contributed by atoms with Gasteiger partial charge in [0.25, 0.3) is 10.9 Å². The zero-order valence-electron chi connectivity index (χ0n) is 17.3. The lowest BCUT2D eigenvalue weighted by Gasteiger charge is -2.30. The number of aromatic hydroxyl groups is 1. The highest BCUT2D eigenvalue weighted by Crippen LogP contribution is 2.33. The molecule has 7 heteroatoms. The van der Waals surface area contributed by atoms with Gasteiger partial charge in [0.15, 0.2) is 5.75 Å². The van der Waals surface area contributed by atoms with Crippen LogP contribution in [-0.2, 0) is 4.74 Å². The topological polar surface area (TPSA) is 78.9 Å². The lowest BCUT2D eigenvalue weighted by atomic mass is 10.1. The molecule has 1 unspecified atom stereocenters. The fourth-order valence-corrected chi connectivity index (χ4v) is 3.65. The Kier molecular flexibility index (Phi) is 6.25. The van der Waals surface area contributed by atoms with Crippen LogP contribution in [0.1, 0.15) is 11.7 Å². The Bertz CT molecular complexity index is 1280. The first-order valence-corrected chi connectivity index (χ1v) is 10.4. The van der Waals surface area contributed by atoms with Crippen molar-refractivity contribution in [3.05, 3.63) is 110 Å². The van der Waals surface area contributed by atoms with E-state index in [9.17, 15) is 14.7 Å². The van der Waals surface area contributed by atoms with Gasteiger partial charge < -0.3 is 20.1 Å². The van der Waals surface area contributed by atoms with Gasteiger partial charge in [-0.2, -0.15) is 0 Å². The van der Waals surface area contributed by atoms with Crippen molar-refractivity contribution < 1.29 is 9.84 Å². The highest BCUT2D eigenvalue weighted by molar-refractivity contribution is 6.30. The number of methoxy groups -OCH3 is 1. The molecule has 0 aromatic heterocycles. The predicted octanol–water partition coefficient (Wildman–Crippen LogP) is 4.91. The zero-order valence-corrected chi connectivity index (χ0v) is 18.0. The van der Waals surface area contributed by atoms with E-state index >= 15 is 0 Å². The quantitative estimate of drug-likeness (QED) is 0.373. The Hall–Kier alpha value is -3.61. The van der Waals surface area contributed by atoms with E-state index in [4.69, 9.17) is 16.3 Å². The van der Waals surface area contributed by atoms with Crippen LogP contribution in [0.15, 0.2) is 88.5 Å². The van der Waals surface area contributed by atoms with Crippen molar-refractivity contribution in [3.63, 3.8) is 0 Å². The number of halogens is 1. The Balaban J connectivity index is 1.69. The van der Waals surface area contributed by atoms with Crippen molar-refractivity contribution in [1.82, 2.24) is 0 Å². The van der Waals surface area contributed by atoms with E-state index in [0.29, 0.717) is 17.3 Å². The number of rotatable bonds is 8. The molecule has 0 radical (unpaired) electrons. The summed E-state index contributed by atoms with van der Waals surface area (Å²) < 4.78 is 5.79. The molecule has 0 aliphatic heterocycles. The van der Waals surface area contributed by atoms with Gasteiger partial charge in [0.1, 0.15) is 5.69 Å². The smallest absolute Gasteiger partial charge is 0.271 e. The van der Waals surface area contributed by atoms with Gasteiger partial charge in [-0.15, -0.1) is 0 Å². The molecule has 0 fully saturated rings. The highest BCUT2D eigenvalue weighted by atomic mass is 35.5. The van der Waals surface area contributed by atoms with Crippen molar-refractivity contribution in [3.8, 4) is 5.75 Å². The summed E-state index contributed by atoms with van der Waals surface area (Å²) in [7, 11) is 1.67. The average Bonchev–Trinajstić information content (AvgIpc) is 2.84. The molecule has 4 aromatic carbocycles. The molecule has 0 heterocycles. The van der Waals surface area contributed by atoms with Crippen LogP contribution in [-0.4, -0.2) is 18.8 Å². The number of benzene rings is 3. The van der Waals surface area contributed by atoms with Crippen molar-refractivity contribution in [2.45, 2.75) is 6.10 Å². The molecule has 2 N–H and O–H groups in total. The second-order valence-electron chi connectivity index (χ2n) is 7.28. The summed E-state index contributed by atoms with van der Waals surface area (Å²) in [6, 6.07) is 24.7. The van der Waals surface area contributed by atoms with E-state index in [2.05, 4.69) is 10.2 Å². The number of anilines is 4. The van der Waals surface area contributed by atoms with Crippen LogP contribution >= 0.6 is 11.6 Å². The minimum Gasteiger partial charge on any atom is -0.502 e. The van der Waals surface area contributed by atoms with Crippen LogP contribution in [0.3, 0.4) is 0 Å². The summed E-state index contributed by atoms with van der Waals surface area (Å²) in [6.07, 6.45) is -0.207. The molecule has 0 bridgehead atoms. The molecule has 6 nitrogen and oxygen atoms in total. The summed E-state index contributed by atoms with van der Waals surface area (Å²) in [4.78, 5) is 25.1. The molecular weight excluding hydrogens is 428 g/mol. The van der Waals surface area contributed by atoms with Crippen LogP contribution in [0.25, 0.3) is 0 Å². The molecule has 1 atom stereocenters. The number of hydrogen-bond donors (Lipinski definition) is 2. The minimum absolute atomic E-state index is 0.0933. The molecule has 0 spiro atoms. The largest absolute Gasteiger partial charge is 0.502 e. The van der Waals surface area contributed by atoms with Crippen molar-refractivity contribution in [1.29, 1.82) is 0 Å². The third kappa shape index (κ3) is 4.37. The summed E-state index contributed by atoms with van der Waals surface area (Å²) in [5.41, 5.74) is 1.64. The Morgan fingerprint density at radius 2 is 1.66 bits per heavy atom. The summed E-state index contributed by atoms with van der Waals surface area (Å²) >= 11 is 6.09. The average molecular weight is 449 g/mol. The van der Waals surface area contributed by atoms with Crippen LogP contribution in [0.5, 0.6) is 5.75 Å². The van der Waals surface area contributed by atoms with E-state index in [1.165, 1.54) is 0 Å². The maximum atomic E-state index is 11.7. The standard InChI is InChI=1S/C25H21ClN2O4/c1-32-21(16-6-3-2-4-7-16)15-28(19-12-10-17(26)11-13-19)20-9-5-8-18(14-20)27-22-23(29)25(31)24(22)30/h2-14,21,27,29H,15H2,1H3. The molecule has 32 heavy (non-hydrogen) atoms. The van der Waals surface area contributed by atoms with Crippen molar-refractivity contribution in [2.75, 3.05) is 23.9 Å². The monoisotopic (exact) mass is 448 g/mol. The van der Waals surface area contributed by atoms with Gasteiger partial charge in [-0.05, 0) is 48.0 Å². The normalized spacial score (nSPS) is 11.9. The lowest BCUT2D eigenvalue weighted by Crippen LogP contribution is -2.32. The van der Waals surface area contributed by atoms with Gasteiger partial charge >= 0.3 is 0 Å². The first-order chi connectivity index (χ1) is 15.5. The van der Waals surface area contributed by atoms with Gasteiger partial charge in [-0.25, -0.2) is 0 Å². The summed E-state index contributed by atoms with van der Waals surface area (Å²) in [5.74, 6) is -0.543. The molecule has 0 saturated heterocycles. The fraction of sp³-hybridized carbons (Fsp3) is 0.120. The van der Waals surface area contributed by atoms with Crippen molar-refractivity contribution in [2.24, 2.45) is 0 Å². The molecule has 0 aliphatic rings. The molecule has 162 valence electrons. The second kappa shape index (κ2) is 9.26. The molecule has 0 aliphatic carbocycles. The van der Waals surface area contributed by atoms with E-state index in [1.54, 1.807) is 13.2 Å². The van der Waals surface area contributed by atoms with E-state index in [-0.39, 0.29) is 11.8 Å². The molecule has 4 aromatic rings. The summed E-state index contributed by atoms with van der Waals surface area (Å²) in [5, 5.41) is 13.1. The van der Waals surface area contributed by atoms with Crippen LogP contribution in [0.4, 0.5) is 22.7 Å². The number of ether oxygens (including phenoxy) is 1. The Morgan fingerprint density at radius 1 is 0.938 bits per heavy atom. The maximum Gasteiger partial charge on any atom is 0.271 e. The van der Waals surface area contributed by atoms with E-state index in [0.717, 1.165) is 16.9 Å². The van der Waals surface area contributed by atoms with Gasteiger partial charge in [-0.3, -0.25) is 9.59 Å². The third-order valence-corrected chi connectivity index (χ3v) is 5.51. The van der Waals surface area contributed by atoms with Crippen molar-refractivity contribution >= 4 is 34.4 Å². The van der Waals surface area contributed by atoms with Crippen LogP contribution in [0.2, 0.25) is 5.02 Å². The SMILES string of the molecule is COC(CN(c1ccc(Cl)cc1)c1cccc(Nc2c(O)c(=O)c2=O)c1)c1ccccc1. The Labute approximate surface area is 190 Å². The first kappa shape index (κ1) is 21.6. The lowest BCUT2D eigenvalue weighted by molar-refractivity contribution is 0.110. The predicted molar refractivity (Wildman–Crippen MR) is 127 cm³/mol. The van der Waals surface area contributed by atoms with E-state index in [1.807, 2.05) is 72.8 Å². The molecule has 4 rings (SSSR count). The van der Waals surface area contributed by atoms with Crippen LogP contribution < -0.4 is 21.1 Å². The zero-order chi connectivity index (χ0) is 22.7. The maximum absolute atomic E-state index is 11.7. The molecule has 0 saturated carbocycles. The van der Waals surface area contributed by atoms with Gasteiger partial charge in [0.05, 0.1) is 12.6 Å². The molecule has 0 amide bonds. The second-order valence-corrected chi connectivity index (χ2v) is 7.72. The molecular formula is C25H21ClN2O4. The first-order valence-electron chi connectivity index (χ1n) is 9.98. The summed E-state index contributed by atoms with van der Waals surface area (Å²) in [6.45, 7) is 0.511. The fourth-order valence-electron chi connectivity index (χ4n) is 3.52. The number of hydrogen-bond acceptors (Lipinski definition) is 6.